The molecule has 1 aliphatic heterocycles. The lowest BCUT2D eigenvalue weighted by atomic mass is 9.87. The first kappa shape index (κ1) is 10.4. The number of hydrogen-bond donors (Lipinski definition) is 1. The van der Waals surface area contributed by atoms with E-state index in [0.29, 0.717) is 26.1 Å². The SMILES string of the molecule is OC1(c2ccccc2I)CCOCC1. The molecule has 14 heavy (non-hydrogen) atoms. The van der Waals surface area contributed by atoms with Crippen molar-refractivity contribution < 1.29 is 9.84 Å². The monoisotopic (exact) mass is 304 g/mol. The van der Waals surface area contributed by atoms with Crippen LogP contribution >= 0.6 is 22.6 Å². The van der Waals surface area contributed by atoms with Gasteiger partial charge in [0.15, 0.2) is 0 Å². The van der Waals surface area contributed by atoms with Crippen LogP contribution in [-0.4, -0.2) is 18.3 Å². The van der Waals surface area contributed by atoms with Crippen LogP contribution in [0.4, 0.5) is 0 Å². The van der Waals surface area contributed by atoms with Crippen LogP contribution in [0.2, 0.25) is 0 Å². The molecule has 3 heteroatoms. The van der Waals surface area contributed by atoms with Gasteiger partial charge < -0.3 is 9.84 Å². The minimum Gasteiger partial charge on any atom is -0.385 e. The van der Waals surface area contributed by atoms with Crippen molar-refractivity contribution in [3.8, 4) is 0 Å². The highest BCUT2D eigenvalue weighted by Crippen LogP contribution is 2.34. The highest BCUT2D eigenvalue weighted by atomic mass is 127. The fraction of sp³-hybridized carbons (Fsp3) is 0.455. The molecule has 1 fully saturated rings. The van der Waals surface area contributed by atoms with Gasteiger partial charge in [0, 0.05) is 29.6 Å². The zero-order valence-corrected chi connectivity index (χ0v) is 10.0. The molecule has 1 aromatic carbocycles. The topological polar surface area (TPSA) is 29.5 Å². The third kappa shape index (κ3) is 1.94. The van der Waals surface area contributed by atoms with Crippen molar-refractivity contribution in [1.82, 2.24) is 0 Å². The average Bonchev–Trinajstić information content (AvgIpc) is 2.19. The minimum atomic E-state index is -0.671. The molecule has 1 saturated heterocycles. The summed E-state index contributed by atoms with van der Waals surface area (Å²) in [5.41, 5.74) is 0.375. The maximum atomic E-state index is 10.4. The average molecular weight is 304 g/mol. The van der Waals surface area contributed by atoms with E-state index in [1.165, 1.54) is 0 Å². The molecule has 0 aromatic heterocycles. The minimum absolute atomic E-state index is 0.654. The first-order valence-corrected chi connectivity index (χ1v) is 5.85. The summed E-state index contributed by atoms with van der Waals surface area (Å²) in [5, 5.41) is 10.4. The van der Waals surface area contributed by atoms with Gasteiger partial charge in [-0.3, -0.25) is 0 Å². The van der Waals surface area contributed by atoms with E-state index in [9.17, 15) is 5.11 Å². The smallest absolute Gasteiger partial charge is 0.0950 e. The maximum absolute atomic E-state index is 10.4. The Bertz CT molecular complexity index is 319. The number of halogens is 1. The summed E-state index contributed by atoms with van der Waals surface area (Å²) in [5.74, 6) is 0. The van der Waals surface area contributed by atoms with Crippen LogP contribution in [0.25, 0.3) is 0 Å². The van der Waals surface area contributed by atoms with Gasteiger partial charge in [0.05, 0.1) is 5.60 Å². The maximum Gasteiger partial charge on any atom is 0.0950 e. The predicted octanol–water partition coefficient (Wildman–Crippen LogP) is 2.29. The molecule has 76 valence electrons. The van der Waals surface area contributed by atoms with Crippen molar-refractivity contribution >= 4 is 22.6 Å². The summed E-state index contributed by atoms with van der Waals surface area (Å²) in [4.78, 5) is 0. The van der Waals surface area contributed by atoms with Crippen LogP contribution in [0.1, 0.15) is 18.4 Å². The third-order valence-corrected chi connectivity index (χ3v) is 3.64. The van der Waals surface area contributed by atoms with Crippen molar-refractivity contribution in [2.24, 2.45) is 0 Å². The summed E-state index contributed by atoms with van der Waals surface area (Å²) in [6.45, 7) is 1.31. The first-order chi connectivity index (χ1) is 6.72. The molecule has 1 aromatic rings. The molecule has 0 spiro atoms. The standard InChI is InChI=1S/C11H13IO2/c12-10-4-2-1-3-9(10)11(13)5-7-14-8-6-11/h1-4,13H,5-8H2. The second kappa shape index (κ2) is 4.16. The zero-order valence-electron chi connectivity index (χ0n) is 7.87. The highest BCUT2D eigenvalue weighted by Gasteiger charge is 2.32. The van der Waals surface area contributed by atoms with Crippen molar-refractivity contribution in [3.05, 3.63) is 33.4 Å². The lowest BCUT2D eigenvalue weighted by molar-refractivity contribution is -0.0684. The van der Waals surface area contributed by atoms with E-state index in [0.717, 1.165) is 9.13 Å². The van der Waals surface area contributed by atoms with E-state index in [1.54, 1.807) is 0 Å². The molecule has 1 aliphatic rings. The van der Waals surface area contributed by atoms with Crippen molar-refractivity contribution in [3.63, 3.8) is 0 Å². The molecular weight excluding hydrogens is 291 g/mol. The quantitative estimate of drug-likeness (QED) is 0.807. The van der Waals surface area contributed by atoms with E-state index in [2.05, 4.69) is 22.6 Å². The summed E-state index contributed by atoms with van der Waals surface area (Å²) < 4.78 is 6.40. The lowest BCUT2D eigenvalue weighted by Crippen LogP contribution is -2.34. The second-order valence-electron chi connectivity index (χ2n) is 3.62. The Hall–Kier alpha value is -0.130. The van der Waals surface area contributed by atoms with Crippen molar-refractivity contribution in [1.29, 1.82) is 0 Å². The molecule has 0 amide bonds. The molecule has 1 N–H and O–H groups in total. The van der Waals surface area contributed by atoms with Gasteiger partial charge in [-0.1, -0.05) is 18.2 Å². The summed E-state index contributed by atoms with van der Waals surface area (Å²) in [6.07, 6.45) is 1.40. The van der Waals surface area contributed by atoms with Crippen LogP contribution in [-0.2, 0) is 10.3 Å². The number of ether oxygens (including phenoxy) is 1. The van der Waals surface area contributed by atoms with Crippen LogP contribution in [0, 0.1) is 3.57 Å². The Morgan fingerprint density at radius 3 is 2.50 bits per heavy atom. The van der Waals surface area contributed by atoms with Gasteiger partial charge >= 0.3 is 0 Å². The summed E-state index contributed by atoms with van der Waals surface area (Å²) in [7, 11) is 0. The molecule has 2 rings (SSSR count). The van der Waals surface area contributed by atoms with Crippen molar-refractivity contribution in [2.75, 3.05) is 13.2 Å². The number of rotatable bonds is 1. The van der Waals surface area contributed by atoms with E-state index >= 15 is 0 Å². The third-order valence-electron chi connectivity index (χ3n) is 2.70. The van der Waals surface area contributed by atoms with E-state index < -0.39 is 5.60 Å². The predicted molar refractivity (Wildman–Crippen MR) is 63.1 cm³/mol. The first-order valence-electron chi connectivity index (χ1n) is 4.77. The van der Waals surface area contributed by atoms with E-state index in [-0.39, 0.29) is 0 Å². The molecule has 0 bridgehead atoms. The van der Waals surface area contributed by atoms with Crippen LogP contribution < -0.4 is 0 Å². The number of hydrogen-bond acceptors (Lipinski definition) is 2. The van der Waals surface area contributed by atoms with Gasteiger partial charge in [-0.15, -0.1) is 0 Å². The van der Waals surface area contributed by atoms with E-state index in [1.807, 2.05) is 24.3 Å². The second-order valence-corrected chi connectivity index (χ2v) is 4.79. The zero-order chi connectivity index (χ0) is 10.0. The highest BCUT2D eigenvalue weighted by molar-refractivity contribution is 14.1. The summed E-state index contributed by atoms with van der Waals surface area (Å²) in [6, 6.07) is 8.01. The van der Waals surface area contributed by atoms with Crippen LogP contribution in [0.5, 0.6) is 0 Å². The van der Waals surface area contributed by atoms with Gasteiger partial charge in [0.2, 0.25) is 0 Å². The largest absolute Gasteiger partial charge is 0.385 e. The molecule has 0 unspecified atom stereocenters. The normalized spacial score (nSPS) is 20.7. The van der Waals surface area contributed by atoms with Gasteiger partial charge in [-0.2, -0.15) is 0 Å². The van der Waals surface area contributed by atoms with Crippen molar-refractivity contribution in [2.45, 2.75) is 18.4 Å². The molecule has 0 atom stereocenters. The van der Waals surface area contributed by atoms with Gasteiger partial charge in [0.1, 0.15) is 0 Å². The number of aliphatic hydroxyl groups is 1. The molecule has 0 aliphatic carbocycles. The van der Waals surface area contributed by atoms with Gasteiger partial charge in [0.25, 0.3) is 0 Å². The van der Waals surface area contributed by atoms with Gasteiger partial charge in [-0.05, 0) is 34.2 Å². The Morgan fingerprint density at radius 2 is 1.86 bits per heavy atom. The Morgan fingerprint density at radius 1 is 1.21 bits per heavy atom. The summed E-state index contributed by atoms with van der Waals surface area (Å²) >= 11 is 2.27. The Balaban J connectivity index is 2.32. The Kier molecular flexibility index (Phi) is 3.09. The fourth-order valence-corrected chi connectivity index (χ4v) is 2.71. The molecule has 2 nitrogen and oxygen atoms in total. The lowest BCUT2D eigenvalue weighted by Gasteiger charge is -2.33. The van der Waals surface area contributed by atoms with E-state index in [4.69, 9.17) is 4.74 Å². The molecular formula is C11H13IO2. The number of benzene rings is 1. The van der Waals surface area contributed by atoms with Crippen LogP contribution in [0.3, 0.4) is 0 Å². The molecule has 0 radical (unpaired) electrons. The Labute approximate surface area is 97.4 Å². The molecule has 1 heterocycles. The van der Waals surface area contributed by atoms with Crippen LogP contribution in [0.15, 0.2) is 24.3 Å². The van der Waals surface area contributed by atoms with Gasteiger partial charge in [-0.25, -0.2) is 0 Å². The molecule has 0 saturated carbocycles. The fourth-order valence-electron chi connectivity index (χ4n) is 1.82.